The molecule has 0 radical (unpaired) electrons. The van der Waals surface area contributed by atoms with E-state index < -0.39 is 16.4 Å². The number of thiophene rings is 1. The Morgan fingerprint density at radius 2 is 2.21 bits per heavy atom. The standard InChI is InChI=1S/C8H5FN2O2S/c9-7-6(11(12)13)2-1-4-5(10)3-14-8(4)7/h1-3H,10H2. The van der Waals surface area contributed by atoms with Crippen LogP contribution in [0, 0.1) is 15.9 Å². The lowest BCUT2D eigenvalue weighted by Crippen LogP contribution is -1.92. The Bertz CT molecular complexity index is 523. The van der Waals surface area contributed by atoms with Crippen molar-refractivity contribution in [3.63, 3.8) is 0 Å². The van der Waals surface area contributed by atoms with Gasteiger partial charge in [-0.3, -0.25) is 10.1 Å². The smallest absolute Gasteiger partial charge is 0.306 e. The van der Waals surface area contributed by atoms with Crippen LogP contribution in [-0.4, -0.2) is 4.92 Å². The number of nitrogens with zero attached hydrogens (tertiary/aromatic N) is 1. The van der Waals surface area contributed by atoms with Gasteiger partial charge in [0.2, 0.25) is 5.82 Å². The fourth-order valence-corrected chi connectivity index (χ4v) is 2.11. The number of nitro groups is 1. The zero-order valence-corrected chi connectivity index (χ0v) is 7.68. The van der Waals surface area contributed by atoms with Gasteiger partial charge in [-0.25, -0.2) is 0 Å². The van der Waals surface area contributed by atoms with Gasteiger partial charge in [0.1, 0.15) is 0 Å². The highest BCUT2D eigenvalue weighted by Crippen LogP contribution is 2.34. The molecule has 2 rings (SSSR count). The molecule has 6 heteroatoms. The minimum Gasteiger partial charge on any atom is -0.398 e. The van der Waals surface area contributed by atoms with E-state index in [1.165, 1.54) is 6.07 Å². The quantitative estimate of drug-likeness (QED) is 0.583. The molecule has 1 aromatic carbocycles. The van der Waals surface area contributed by atoms with Crippen LogP contribution in [0.5, 0.6) is 0 Å². The highest BCUT2D eigenvalue weighted by atomic mass is 32.1. The molecular weight excluding hydrogens is 207 g/mol. The maximum Gasteiger partial charge on any atom is 0.306 e. The third-order valence-electron chi connectivity index (χ3n) is 1.89. The van der Waals surface area contributed by atoms with E-state index in [9.17, 15) is 14.5 Å². The first kappa shape index (κ1) is 8.89. The maximum atomic E-state index is 13.4. The number of fused-ring (bicyclic) bond motifs is 1. The fourth-order valence-electron chi connectivity index (χ4n) is 1.22. The molecule has 14 heavy (non-hydrogen) atoms. The summed E-state index contributed by atoms with van der Waals surface area (Å²) in [4.78, 5) is 9.67. The van der Waals surface area contributed by atoms with Crippen LogP contribution in [0.25, 0.3) is 10.1 Å². The van der Waals surface area contributed by atoms with Gasteiger partial charge in [-0.05, 0) is 6.07 Å². The summed E-state index contributed by atoms with van der Waals surface area (Å²) >= 11 is 1.07. The van der Waals surface area contributed by atoms with Crippen molar-refractivity contribution < 1.29 is 9.31 Å². The van der Waals surface area contributed by atoms with E-state index in [0.29, 0.717) is 11.1 Å². The largest absolute Gasteiger partial charge is 0.398 e. The average Bonchev–Trinajstić information content (AvgIpc) is 2.49. The van der Waals surface area contributed by atoms with Gasteiger partial charge >= 0.3 is 5.69 Å². The number of hydrogen-bond donors (Lipinski definition) is 1. The Labute approximate surface area is 81.9 Å². The second kappa shape index (κ2) is 2.91. The molecule has 0 unspecified atom stereocenters. The van der Waals surface area contributed by atoms with Crippen molar-refractivity contribution in [3.8, 4) is 0 Å². The van der Waals surface area contributed by atoms with E-state index in [4.69, 9.17) is 5.73 Å². The first-order valence-electron chi connectivity index (χ1n) is 3.71. The van der Waals surface area contributed by atoms with Crippen molar-refractivity contribution in [1.82, 2.24) is 0 Å². The molecule has 0 bridgehead atoms. The Balaban J connectivity index is 2.82. The Kier molecular flexibility index (Phi) is 1.85. The number of rotatable bonds is 1. The summed E-state index contributed by atoms with van der Waals surface area (Å²) in [5.74, 6) is -0.811. The van der Waals surface area contributed by atoms with Crippen LogP contribution in [-0.2, 0) is 0 Å². The molecule has 0 saturated heterocycles. The summed E-state index contributed by atoms with van der Waals surface area (Å²) < 4.78 is 13.7. The normalized spacial score (nSPS) is 10.6. The molecule has 2 N–H and O–H groups in total. The predicted molar refractivity (Wildman–Crippen MR) is 52.8 cm³/mol. The van der Waals surface area contributed by atoms with Crippen LogP contribution in [0.3, 0.4) is 0 Å². The molecule has 2 aromatic rings. The van der Waals surface area contributed by atoms with Gasteiger partial charge in [0, 0.05) is 16.8 Å². The Morgan fingerprint density at radius 3 is 2.86 bits per heavy atom. The molecule has 0 aliphatic rings. The minimum atomic E-state index is -0.811. The fraction of sp³-hybridized carbons (Fsp3) is 0. The van der Waals surface area contributed by atoms with E-state index in [1.54, 1.807) is 5.38 Å². The molecule has 0 amide bonds. The number of nitrogens with two attached hydrogens (primary N) is 1. The van der Waals surface area contributed by atoms with Gasteiger partial charge in [0.15, 0.2) is 0 Å². The van der Waals surface area contributed by atoms with Crippen molar-refractivity contribution in [3.05, 3.63) is 33.4 Å². The van der Waals surface area contributed by atoms with Gasteiger partial charge < -0.3 is 5.73 Å². The lowest BCUT2D eigenvalue weighted by atomic mass is 10.2. The van der Waals surface area contributed by atoms with Gasteiger partial charge in [-0.15, -0.1) is 11.3 Å². The molecule has 1 heterocycles. The van der Waals surface area contributed by atoms with E-state index in [0.717, 1.165) is 17.4 Å². The number of hydrogen-bond acceptors (Lipinski definition) is 4. The minimum absolute atomic E-state index is 0.233. The number of nitrogen functional groups attached to an aromatic ring is 1. The summed E-state index contributed by atoms with van der Waals surface area (Å²) in [5, 5.41) is 12.5. The molecule has 0 fully saturated rings. The van der Waals surface area contributed by atoms with Crippen molar-refractivity contribution in [2.45, 2.75) is 0 Å². The van der Waals surface area contributed by atoms with Crippen molar-refractivity contribution in [2.24, 2.45) is 0 Å². The third kappa shape index (κ3) is 1.12. The molecule has 4 nitrogen and oxygen atoms in total. The predicted octanol–water partition coefficient (Wildman–Crippen LogP) is 2.53. The van der Waals surface area contributed by atoms with Crippen molar-refractivity contribution in [1.29, 1.82) is 0 Å². The number of nitro benzene ring substituents is 1. The second-order valence-corrected chi connectivity index (χ2v) is 3.60. The molecule has 72 valence electrons. The van der Waals surface area contributed by atoms with E-state index >= 15 is 0 Å². The maximum absolute atomic E-state index is 13.4. The summed E-state index contributed by atoms with van der Waals surface area (Å²) in [6, 6.07) is 2.59. The monoisotopic (exact) mass is 212 g/mol. The van der Waals surface area contributed by atoms with Gasteiger partial charge in [0.05, 0.1) is 15.3 Å². The topological polar surface area (TPSA) is 69.2 Å². The molecule has 0 aliphatic heterocycles. The lowest BCUT2D eigenvalue weighted by Gasteiger charge is -1.95. The van der Waals surface area contributed by atoms with Gasteiger partial charge in [-0.1, -0.05) is 0 Å². The summed E-state index contributed by atoms with van der Waals surface area (Å²) in [7, 11) is 0. The van der Waals surface area contributed by atoms with E-state index in [-0.39, 0.29) is 4.70 Å². The highest BCUT2D eigenvalue weighted by Gasteiger charge is 2.18. The van der Waals surface area contributed by atoms with Crippen LogP contribution < -0.4 is 5.73 Å². The molecule has 0 spiro atoms. The molecule has 0 atom stereocenters. The second-order valence-electron chi connectivity index (χ2n) is 2.72. The van der Waals surface area contributed by atoms with E-state index in [2.05, 4.69) is 0 Å². The summed E-state index contributed by atoms with van der Waals surface area (Å²) in [6.07, 6.45) is 0. The van der Waals surface area contributed by atoms with Crippen LogP contribution in [0.2, 0.25) is 0 Å². The Hall–Kier alpha value is -1.69. The highest BCUT2D eigenvalue weighted by molar-refractivity contribution is 7.17. The van der Waals surface area contributed by atoms with E-state index in [1.807, 2.05) is 0 Å². The zero-order chi connectivity index (χ0) is 10.3. The first-order chi connectivity index (χ1) is 6.61. The van der Waals surface area contributed by atoms with Gasteiger partial charge in [0.25, 0.3) is 0 Å². The van der Waals surface area contributed by atoms with Crippen LogP contribution in [0.4, 0.5) is 15.8 Å². The van der Waals surface area contributed by atoms with Crippen LogP contribution in [0.15, 0.2) is 17.5 Å². The molecule has 1 aromatic heterocycles. The summed E-state index contributed by atoms with van der Waals surface area (Å²) in [6.45, 7) is 0. The first-order valence-corrected chi connectivity index (χ1v) is 4.59. The average molecular weight is 212 g/mol. The van der Waals surface area contributed by atoms with Crippen LogP contribution in [0.1, 0.15) is 0 Å². The SMILES string of the molecule is Nc1csc2c(F)c([N+](=O)[O-])ccc12. The Morgan fingerprint density at radius 1 is 1.50 bits per heavy atom. The number of halogens is 1. The lowest BCUT2D eigenvalue weighted by molar-refractivity contribution is -0.387. The zero-order valence-electron chi connectivity index (χ0n) is 6.86. The number of benzene rings is 1. The summed E-state index contributed by atoms with van der Waals surface area (Å²) in [5.41, 5.74) is 5.47. The van der Waals surface area contributed by atoms with Crippen LogP contribution >= 0.6 is 11.3 Å². The third-order valence-corrected chi connectivity index (χ3v) is 2.89. The number of anilines is 1. The molecule has 0 saturated carbocycles. The molecular formula is C8H5FN2O2S. The van der Waals surface area contributed by atoms with Crippen molar-refractivity contribution >= 4 is 32.8 Å². The van der Waals surface area contributed by atoms with Crippen molar-refractivity contribution in [2.75, 3.05) is 5.73 Å². The molecule has 0 aliphatic carbocycles. The van der Waals surface area contributed by atoms with Gasteiger partial charge in [-0.2, -0.15) is 4.39 Å².